The topological polar surface area (TPSA) is 128 Å². The monoisotopic (exact) mass is 666 g/mol. The molecule has 0 aliphatic heterocycles. The van der Waals surface area contributed by atoms with Gasteiger partial charge in [-0.25, -0.2) is 0 Å². The standard InChI is InChI=1S/C38H38N2O9/c1-21-9-13-29(46-21)37(30-14-10-22(2)47-30)25-17-33(42-5)35(44-7)19-27(25)39-40(41)28-20-36(45-8)34(43-6)18-26(28)38(31-15-11-23(3)48-31)32-16-12-24(4)49-32/h9-20,37-38H,1-8H3. The maximum Gasteiger partial charge on any atom is 0.253 e. The summed E-state index contributed by atoms with van der Waals surface area (Å²) in [5, 5.41) is 19.2. The minimum Gasteiger partial charge on any atom is -0.594 e. The molecule has 49 heavy (non-hydrogen) atoms. The van der Waals surface area contributed by atoms with Crippen LogP contribution in [0.5, 0.6) is 23.0 Å². The molecule has 11 heteroatoms. The maximum absolute atomic E-state index is 14.6. The van der Waals surface area contributed by atoms with E-state index >= 15 is 0 Å². The molecule has 6 rings (SSSR count). The summed E-state index contributed by atoms with van der Waals surface area (Å²) in [6, 6.07) is 21.7. The van der Waals surface area contributed by atoms with Crippen molar-refractivity contribution in [2.45, 2.75) is 39.5 Å². The number of nitrogens with zero attached hydrogens (tertiary/aromatic N) is 2. The van der Waals surface area contributed by atoms with Crippen LogP contribution < -0.4 is 18.9 Å². The minimum atomic E-state index is -0.626. The van der Waals surface area contributed by atoms with E-state index in [0.29, 0.717) is 79.2 Å². The number of methoxy groups -OCH3 is 4. The summed E-state index contributed by atoms with van der Waals surface area (Å²) in [6.45, 7) is 7.44. The molecule has 2 aromatic carbocycles. The average molecular weight is 667 g/mol. The Bertz CT molecular complexity index is 2030. The number of benzene rings is 2. The van der Waals surface area contributed by atoms with Gasteiger partial charge < -0.3 is 41.8 Å². The molecule has 0 aliphatic rings. The molecular weight excluding hydrogens is 628 g/mol. The molecule has 0 bridgehead atoms. The lowest BCUT2D eigenvalue weighted by atomic mass is 9.91. The Kier molecular flexibility index (Phi) is 9.26. The fourth-order valence-corrected chi connectivity index (χ4v) is 5.96. The normalized spacial score (nSPS) is 11.8. The van der Waals surface area contributed by atoms with Crippen LogP contribution in [0, 0.1) is 32.9 Å². The van der Waals surface area contributed by atoms with Crippen LogP contribution in [0.15, 0.2) is 95.6 Å². The third kappa shape index (κ3) is 6.52. The molecule has 11 nitrogen and oxygen atoms in total. The second-order valence-electron chi connectivity index (χ2n) is 11.6. The lowest BCUT2D eigenvalue weighted by Gasteiger charge is -2.19. The molecule has 254 valence electrons. The largest absolute Gasteiger partial charge is 0.594 e. The third-order valence-corrected chi connectivity index (χ3v) is 8.28. The summed E-state index contributed by atoms with van der Waals surface area (Å²) < 4.78 is 47.2. The molecule has 0 unspecified atom stereocenters. The van der Waals surface area contributed by atoms with Crippen LogP contribution in [0.2, 0.25) is 0 Å². The number of hydrogen-bond acceptors (Lipinski definition) is 10. The molecule has 0 atom stereocenters. The molecule has 0 saturated heterocycles. The van der Waals surface area contributed by atoms with Crippen molar-refractivity contribution in [3.05, 3.63) is 135 Å². The Labute approximate surface area is 283 Å². The highest BCUT2D eigenvalue weighted by molar-refractivity contribution is 5.62. The number of furan rings is 4. The number of hydrogen-bond donors (Lipinski definition) is 0. The van der Waals surface area contributed by atoms with E-state index in [1.807, 2.05) is 76.2 Å². The van der Waals surface area contributed by atoms with Gasteiger partial charge in [0.05, 0.1) is 34.5 Å². The van der Waals surface area contributed by atoms with Crippen molar-refractivity contribution in [3.63, 3.8) is 0 Å². The minimum absolute atomic E-state index is 0.172. The highest BCUT2D eigenvalue weighted by atomic mass is 16.5. The molecule has 4 heterocycles. The Morgan fingerprint density at radius 2 is 0.857 bits per heavy atom. The van der Waals surface area contributed by atoms with Gasteiger partial charge in [-0.15, -0.1) is 0 Å². The SMILES string of the molecule is COc1cc(N=[N+]([O-])c2cc(OC)c(OC)cc2C(c2ccc(C)o2)c2ccc(C)o2)c(C(c2ccc(C)o2)c2ccc(C)o2)cc1OC. The Morgan fingerprint density at radius 1 is 0.510 bits per heavy atom. The average Bonchev–Trinajstić information content (AvgIpc) is 3.91. The van der Waals surface area contributed by atoms with Gasteiger partial charge in [0, 0.05) is 22.3 Å². The zero-order chi connectivity index (χ0) is 34.8. The van der Waals surface area contributed by atoms with E-state index in [1.54, 1.807) is 31.4 Å². The molecule has 0 spiro atoms. The number of ether oxygens (including phenoxy) is 4. The molecule has 0 amide bonds. The van der Waals surface area contributed by atoms with E-state index in [0.717, 1.165) is 11.5 Å². The van der Waals surface area contributed by atoms with Gasteiger partial charge in [0.2, 0.25) is 0 Å². The molecule has 4 aromatic heterocycles. The first-order valence-electron chi connectivity index (χ1n) is 15.6. The summed E-state index contributed by atoms with van der Waals surface area (Å²) in [5.41, 5.74) is 1.57. The first-order valence-corrected chi connectivity index (χ1v) is 15.6. The lowest BCUT2D eigenvalue weighted by Crippen LogP contribution is -2.08. The van der Waals surface area contributed by atoms with Crippen molar-refractivity contribution < 1.29 is 41.5 Å². The van der Waals surface area contributed by atoms with E-state index < -0.39 is 11.8 Å². The molecule has 0 saturated carbocycles. The van der Waals surface area contributed by atoms with Gasteiger partial charge in [0.15, 0.2) is 23.0 Å². The van der Waals surface area contributed by atoms with Crippen LogP contribution in [-0.2, 0) is 0 Å². The summed E-state index contributed by atoms with van der Waals surface area (Å²) in [5.74, 6) is 5.56. The van der Waals surface area contributed by atoms with Crippen molar-refractivity contribution in [3.8, 4) is 23.0 Å². The zero-order valence-electron chi connectivity index (χ0n) is 28.7. The molecule has 0 N–H and O–H groups in total. The highest BCUT2D eigenvalue weighted by Crippen LogP contribution is 2.47. The third-order valence-electron chi connectivity index (χ3n) is 8.28. The van der Waals surface area contributed by atoms with Gasteiger partial charge in [0.25, 0.3) is 5.69 Å². The summed E-state index contributed by atoms with van der Waals surface area (Å²) >= 11 is 0. The van der Waals surface area contributed by atoms with Crippen molar-refractivity contribution >= 4 is 11.4 Å². The summed E-state index contributed by atoms with van der Waals surface area (Å²) in [4.78, 5) is 0.554. The second-order valence-corrected chi connectivity index (χ2v) is 11.6. The van der Waals surface area contributed by atoms with Crippen LogP contribution >= 0.6 is 0 Å². The Morgan fingerprint density at radius 3 is 1.22 bits per heavy atom. The summed E-state index contributed by atoms with van der Waals surface area (Å²) in [6.07, 6.45) is 0. The van der Waals surface area contributed by atoms with Crippen molar-refractivity contribution in [1.82, 2.24) is 0 Å². The fraction of sp³-hybridized carbons (Fsp3) is 0.263. The molecule has 0 radical (unpaired) electrons. The van der Waals surface area contributed by atoms with Crippen LogP contribution in [0.4, 0.5) is 11.4 Å². The van der Waals surface area contributed by atoms with Crippen LogP contribution in [-0.4, -0.2) is 33.3 Å². The van der Waals surface area contributed by atoms with Gasteiger partial charge in [-0.3, -0.25) is 0 Å². The van der Waals surface area contributed by atoms with E-state index in [4.69, 9.17) is 36.6 Å². The summed E-state index contributed by atoms with van der Waals surface area (Å²) in [7, 11) is 6.11. The number of azo groups is 1. The second kappa shape index (κ2) is 13.7. The molecule has 0 fully saturated rings. The zero-order valence-corrected chi connectivity index (χ0v) is 28.7. The van der Waals surface area contributed by atoms with E-state index in [-0.39, 0.29) is 5.69 Å². The van der Waals surface area contributed by atoms with Crippen LogP contribution in [0.25, 0.3) is 0 Å². The Balaban J connectivity index is 1.61. The van der Waals surface area contributed by atoms with Crippen LogP contribution in [0.3, 0.4) is 0 Å². The van der Waals surface area contributed by atoms with E-state index in [9.17, 15) is 5.21 Å². The predicted molar refractivity (Wildman–Crippen MR) is 180 cm³/mol. The maximum atomic E-state index is 14.6. The highest BCUT2D eigenvalue weighted by Gasteiger charge is 2.33. The number of rotatable bonds is 12. The fourth-order valence-electron chi connectivity index (χ4n) is 5.96. The van der Waals surface area contributed by atoms with Gasteiger partial charge in [-0.2, -0.15) is 0 Å². The van der Waals surface area contributed by atoms with Crippen molar-refractivity contribution in [2.24, 2.45) is 5.11 Å². The van der Waals surface area contributed by atoms with Gasteiger partial charge in [-0.1, -0.05) is 0 Å². The molecule has 0 aliphatic carbocycles. The Hall–Kier alpha value is -5.84. The first kappa shape index (κ1) is 33.1. The lowest BCUT2D eigenvalue weighted by molar-refractivity contribution is -0.436. The van der Waals surface area contributed by atoms with Crippen molar-refractivity contribution in [2.75, 3.05) is 28.4 Å². The van der Waals surface area contributed by atoms with Gasteiger partial charge in [-0.05, 0) is 93.2 Å². The van der Waals surface area contributed by atoms with Crippen molar-refractivity contribution in [1.29, 1.82) is 0 Å². The molecule has 6 aromatic rings. The van der Waals surface area contributed by atoms with E-state index in [2.05, 4.69) is 5.11 Å². The number of aryl methyl sites for hydroxylation is 4. The smallest absolute Gasteiger partial charge is 0.253 e. The van der Waals surface area contributed by atoms with Crippen LogP contribution in [0.1, 0.15) is 69.0 Å². The predicted octanol–water partition coefficient (Wildman–Crippen LogP) is 9.61. The van der Waals surface area contributed by atoms with Gasteiger partial charge in [0.1, 0.15) is 63.6 Å². The molecular formula is C38H38N2O9. The van der Waals surface area contributed by atoms with E-state index in [1.165, 1.54) is 21.3 Å². The quantitative estimate of drug-likeness (QED) is 0.0712. The van der Waals surface area contributed by atoms with Gasteiger partial charge >= 0.3 is 0 Å². The first-order chi connectivity index (χ1) is 23.6.